The topological polar surface area (TPSA) is 57.2 Å². The van der Waals surface area contributed by atoms with Gasteiger partial charge in [-0.05, 0) is 24.6 Å². The van der Waals surface area contributed by atoms with Gasteiger partial charge in [-0.2, -0.15) is 0 Å². The van der Waals surface area contributed by atoms with Gasteiger partial charge in [0, 0.05) is 24.7 Å². The minimum Gasteiger partial charge on any atom is -0.493 e. The van der Waals surface area contributed by atoms with Crippen molar-refractivity contribution < 1.29 is 4.74 Å². The second-order valence-electron chi connectivity index (χ2n) is 4.66. The molecule has 2 N–H and O–H groups in total. The molecule has 0 unspecified atom stereocenters. The highest BCUT2D eigenvalue weighted by Crippen LogP contribution is 2.28. The van der Waals surface area contributed by atoms with Crippen LogP contribution in [0.15, 0.2) is 41.2 Å². The number of nitrogens with two attached hydrogens (primary N) is 1. The summed E-state index contributed by atoms with van der Waals surface area (Å²) in [5, 5.41) is 0. The van der Waals surface area contributed by atoms with Crippen molar-refractivity contribution in [2.75, 3.05) is 6.61 Å². The number of ether oxygens (including phenoxy) is 1. The van der Waals surface area contributed by atoms with E-state index in [9.17, 15) is 4.79 Å². The first kappa shape index (κ1) is 14.3. The SMILES string of the molecule is CCCOc1ccccc1-c1ccc(CN)c(=O)n1C. The normalized spacial score (nSPS) is 10.6. The summed E-state index contributed by atoms with van der Waals surface area (Å²) >= 11 is 0. The minimum atomic E-state index is -0.0599. The maximum Gasteiger partial charge on any atom is 0.255 e. The van der Waals surface area contributed by atoms with Gasteiger partial charge in [0.2, 0.25) is 0 Å². The van der Waals surface area contributed by atoms with E-state index in [0.29, 0.717) is 12.2 Å². The van der Waals surface area contributed by atoms with Crippen LogP contribution in [0, 0.1) is 0 Å². The zero-order valence-electron chi connectivity index (χ0n) is 11.9. The summed E-state index contributed by atoms with van der Waals surface area (Å²) in [6, 6.07) is 11.5. The fourth-order valence-electron chi connectivity index (χ4n) is 2.13. The largest absolute Gasteiger partial charge is 0.493 e. The van der Waals surface area contributed by atoms with Crippen molar-refractivity contribution in [3.63, 3.8) is 0 Å². The van der Waals surface area contributed by atoms with Gasteiger partial charge in [-0.1, -0.05) is 25.1 Å². The lowest BCUT2D eigenvalue weighted by Gasteiger charge is -2.14. The Morgan fingerprint density at radius 1 is 1.20 bits per heavy atom. The molecular weight excluding hydrogens is 252 g/mol. The predicted octanol–water partition coefficient (Wildman–Crippen LogP) is 2.30. The molecule has 1 heterocycles. The Kier molecular flexibility index (Phi) is 4.58. The van der Waals surface area contributed by atoms with Crippen molar-refractivity contribution in [2.24, 2.45) is 12.8 Å². The molecule has 1 aromatic heterocycles. The molecule has 0 fully saturated rings. The van der Waals surface area contributed by atoms with E-state index in [1.165, 1.54) is 0 Å². The molecule has 0 aliphatic carbocycles. The van der Waals surface area contributed by atoms with Gasteiger partial charge in [-0.3, -0.25) is 4.79 Å². The molecule has 4 nitrogen and oxygen atoms in total. The molecule has 0 saturated carbocycles. The summed E-state index contributed by atoms with van der Waals surface area (Å²) in [6.07, 6.45) is 0.944. The fraction of sp³-hybridized carbons (Fsp3) is 0.312. The standard InChI is InChI=1S/C16H20N2O2/c1-3-10-20-15-7-5-4-6-13(15)14-9-8-12(11-17)16(19)18(14)2/h4-9H,3,10-11,17H2,1-2H3. The molecule has 20 heavy (non-hydrogen) atoms. The molecule has 2 aromatic rings. The van der Waals surface area contributed by atoms with Crippen LogP contribution in [0.5, 0.6) is 5.75 Å². The first-order valence-corrected chi connectivity index (χ1v) is 6.80. The zero-order chi connectivity index (χ0) is 14.5. The van der Waals surface area contributed by atoms with Crippen LogP contribution in [0.2, 0.25) is 0 Å². The second kappa shape index (κ2) is 6.39. The van der Waals surface area contributed by atoms with Crippen LogP contribution in [0.1, 0.15) is 18.9 Å². The molecule has 0 radical (unpaired) electrons. The Balaban J connectivity index is 2.52. The number of rotatable bonds is 5. The van der Waals surface area contributed by atoms with Crippen molar-refractivity contribution in [3.05, 3.63) is 52.3 Å². The highest BCUT2D eigenvalue weighted by Gasteiger charge is 2.11. The van der Waals surface area contributed by atoms with Crippen molar-refractivity contribution in [3.8, 4) is 17.0 Å². The Morgan fingerprint density at radius 3 is 2.65 bits per heavy atom. The zero-order valence-corrected chi connectivity index (χ0v) is 11.9. The fourth-order valence-corrected chi connectivity index (χ4v) is 2.13. The van der Waals surface area contributed by atoms with Crippen LogP contribution in [-0.4, -0.2) is 11.2 Å². The number of aromatic nitrogens is 1. The van der Waals surface area contributed by atoms with Gasteiger partial charge < -0.3 is 15.0 Å². The summed E-state index contributed by atoms with van der Waals surface area (Å²) in [5.74, 6) is 0.796. The molecule has 106 valence electrons. The summed E-state index contributed by atoms with van der Waals surface area (Å²) in [4.78, 5) is 12.2. The Bertz CT molecular complexity index is 647. The highest BCUT2D eigenvalue weighted by molar-refractivity contribution is 5.67. The van der Waals surface area contributed by atoms with E-state index in [1.54, 1.807) is 17.7 Å². The summed E-state index contributed by atoms with van der Waals surface area (Å²) in [6.45, 7) is 2.97. The van der Waals surface area contributed by atoms with Crippen LogP contribution in [0.4, 0.5) is 0 Å². The first-order valence-electron chi connectivity index (χ1n) is 6.80. The average Bonchev–Trinajstić information content (AvgIpc) is 2.48. The molecule has 0 atom stereocenters. The Labute approximate surface area is 118 Å². The van der Waals surface area contributed by atoms with Gasteiger partial charge in [-0.15, -0.1) is 0 Å². The van der Waals surface area contributed by atoms with Crippen molar-refractivity contribution in [1.82, 2.24) is 4.57 Å². The van der Waals surface area contributed by atoms with E-state index in [4.69, 9.17) is 10.5 Å². The van der Waals surface area contributed by atoms with E-state index in [2.05, 4.69) is 6.92 Å². The number of hydrogen-bond acceptors (Lipinski definition) is 3. The molecule has 0 spiro atoms. The van der Waals surface area contributed by atoms with E-state index < -0.39 is 0 Å². The number of para-hydroxylation sites is 1. The molecule has 0 bridgehead atoms. The molecule has 1 aromatic carbocycles. The van der Waals surface area contributed by atoms with Crippen LogP contribution in [0.3, 0.4) is 0 Å². The smallest absolute Gasteiger partial charge is 0.255 e. The number of benzene rings is 1. The van der Waals surface area contributed by atoms with Gasteiger partial charge >= 0.3 is 0 Å². The van der Waals surface area contributed by atoms with E-state index >= 15 is 0 Å². The average molecular weight is 272 g/mol. The van der Waals surface area contributed by atoms with E-state index in [0.717, 1.165) is 23.4 Å². The lowest BCUT2D eigenvalue weighted by atomic mass is 10.1. The van der Waals surface area contributed by atoms with Gasteiger partial charge in [0.05, 0.1) is 12.3 Å². The quantitative estimate of drug-likeness (QED) is 0.908. The van der Waals surface area contributed by atoms with Crippen LogP contribution >= 0.6 is 0 Å². The third-order valence-electron chi connectivity index (χ3n) is 3.23. The van der Waals surface area contributed by atoms with Crippen LogP contribution in [-0.2, 0) is 13.6 Å². The minimum absolute atomic E-state index is 0.0599. The third kappa shape index (κ3) is 2.75. The first-order chi connectivity index (χ1) is 9.69. The van der Waals surface area contributed by atoms with Crippen molar-refractivity contribution in [1.29, 1.82) is 0 Å². The molecule has 4 heteroatoms. The number of pyridine rings is 1. The molecular formula is C16H20N2O2. The summed E-state index contributed by atoms with van der Waals surface area (Å²) in [7, 11) is 1.76. The monoisotopic (exact) mass is 272 g/mol. The molecule has 0 aliphatic rings. The number of hydrogen-bond donors (Lipinski definition) is 1. The second-order valence-corrected chi connectivity index (χ2v) is 4.66. The highest BCUT2D eigenvalue weighted by atomic mass is 16.5. The summed E-state index contributed by atoms with van der Waals surface area (Å²) in [5.41, 5.74) is 7.87. The summed E-state index contributed by atoms with van der Waals surface area (Å²) < 4.78 is 7.37. The number of nitrogens with zero attached hydrogens (tertiary/aromatic N) is 1. The van der Waals surface area contributed by atoms with Gasteiger partial charge in [0.1, 0.15) is 5.75 Å². The Hall–Kier alpha value is -2.07. The maximum absolute atomic E-state index is 12.2. The third-order valence-corrected chi connectivity index (χ3v) is 3.23. The van der Waals surface area contributed by atoms with Crippen LogP contribution < -0.4 is 16.0 Å². The van der Waals surface area contributed by atoms with E-state index in [-0.39, 0.29) is 12.1 Å². The Morgan fingerprint density at radius 2 is 1.95 bits per heavy atom. The predicted molar refractivity (Wildman–Crippen MR) is 80.8 cm³/mol. The van der Waals surface area contributed by atoms with Crippen LogP contribution in [0.25, 0.3) is 11.3 Å². The molecule has 0 saturated heterocycles. The van der Waals surface area contributed by atoms with Crippen molar-refractivity contribution >= 4 is 0 Å². The maximum atomic E-state index is 12.2. The van der Waals surface area contributed by atoms with Crippen molar-refractivity contribution in [2.45, 2.75) is 19.9 Å². The van der Waals surface area contributed by atoms with E-state index in [1.807, 2.05) is 30.3 Å². The van der Waals surface area contributed by atoms with Gasteiger partial charge in [0.15, 0.2) is 0 Å². The lowest BCUT2D eigenvalue weighted by Crippen LogP contribution is -2.24. The molecule has 0 amide bonds. The molecule has 0 aliphatic heterocycles. The molecule has 2 rings (SSSR count). The van der Waals surface area contributed by atoms with Gasteiger partial charge in [-0.25, -0.2) is 0 Å². The van der Waals surface area contributed by atoms with Gasteiger partial charge in [0.25, 0.3) is 5.56 Å². The lowest BCUT2D eigenvalue weighted by molar-refractivity contribution is 0.318.